The van der Waals surface area contributed by atoms with Crippen molar-refractivity contribution in [2.24, 2.45) is 10.8 Å². The molecular formula is C21H21F2N3O2S. The van der Waals surface area contributed by atoms with Crippen LogP contribution in [0.5, 0.6) is 5.75 Å². The van der Waals surface area contributed by atoms with Crippen molar-refractivity contribution in [1.29, 1.82) is 0 Å². The molecule has 2 atom stereocenters. The predicted octanol–water partition coefficient (Wildman–Crippen LogP) is 3.94. The number of nitrogens with zero attached hydrogens (tertiary/aromatic N) is 2. The smallest absolute Gasteiger partial charge is 0.244 e. The first-order valence-electron chi connectivity index (χ1n) is 9.47. The summed E-state index contributed by atoms with van der Waals surface area (Å²) in [6.07, 6.45) is 2.80. The standard InChI is InChI=1S/C21H21F2N3O2S/c22-14-7-8-17(23)15(12-14)19-13-25-26(20(27)6-3-10-24)21(29-19)9-11-28-18-5-2-1-4-16(18)21/h1-2,4-5,7-8,12-13,19H,3,6,9-11,24H2/t19?,21-/m1/s1. The van der Waals surface area contributed by atoms with E-state index in [9.17, 15) is 13.6 Å². The first-order valence-corrected chi connectivity index (χ1v) is 10.4. The van der Waals surface area contributed by atoms with Crippen molar-refractivity contribution in [3.05, 3.63) is 65.2 Å². The van der Waals surface area contributed by atoms with Gasteiger partial charge in [0.15, 0.2) is 0 Å². The van der Waals surface area contributed by atoms with Crippen LogP contribution in [0.1, 0.15) is 35.6 Å². The zero-order chi connectivity index (χ0) is 20.4. The van der Waals surface area contributed by atoms with E-state index in [1.165, 1.54) is 29.1 Å². The number of hydrogen-bond acceptors (Lipinski definition) is 5. The van der Waals surface area contributed by atoms with Gasteiger partial charge in [0.2, 0.25) is 5.91 Å². The highest BCUT2D eigenvalue weighted by Crippen LogP contribution is 2.56. The molecule has 4 rings (SSSR count). The summed E-state index contributed by atoms with van der Waals surface area (Å²) in [7, 11) is 0. The third kappa shape index (κ3) is 3.62. The second-order valence-electron chi connectivity index (χ2n) is 6.95. The van der Waals surface area contributed by atoms with Crippen molar-refractivity contribution in [1.82, 2.24) is 5.01 Å². The van der Waals surface area contributed by atoms with E-state index in [0.717, 1.165) is 17.7 Å². The van der Waals surface area contributed by atoms with Crippen molar-refractivity contribution >= 4 is 23.9 Å². The Balaban J connectivity index is 1.80. The maximum absolute atomic E-state index is 14.5. The number of carbonyl (C=O) groups excluding carboxylic acids is 1. The quantitative estimate of drug-likeness (QED) is 0.818. The minimum atomic E-state index is -0.862. The molecule has 0 saturated heterocycles. The Bertz CT molecular complexity index is 955. The largest absolute Gasteiger partial charge is 0.493 e. The van der Waals surface area contributed by atoms with Crippen LogP contribution in [0, 0.1) is 11.6 Å². The SMILES string of the molecule is NCCCC(=O)N1N=CC(c2cc(F)ccc2F)S[C@@]12CCOc1ccccc12. The Kier molecular flexibility index (Phi) is 5.56. The lowest BCUT2D eigenvalue weighted by atomic mass is 9.98. The van der Waals surface area contributed by atoms with Gasteiger partial charge in [-0.15, -0.1) is 11.8 Å². The highest BCUT2D eigenvalue weighted by molar-refractivity contribution is 8.01. The predicted molar refractivity (Wildman–Crippen MR) is 109 cm³/mol. The molecule has 0 aliphatic carbocycles. The first kappa shape index (κ1) is 19.8. The molecule has 2 aliphatic heterocycles. The van der Waals surface area contributed by atoms with Crippen molar-refractivity contribution < 1.29 is 18.3 Å². The van der Waals surface area contributed by atoms with Crippen LogP contribution in [0.15, 0.2) is 47.6 Å². The highest BCUT2D eigenvalue weighted by atomic mass is 32.2. The van der Waals surface area contributed by atoms with E-state index in [1.54, 1.807) is 0 Å². The Labute approximate surface area is 171 Å². The third-order valence-corrected chi connectivity index (χ3v) is 6.70. The van der Waals surface area contributed by atoms with Crippen molar-refractivity contribution in [2.45, 2.75) is 29.4 Å². The molecule has 0 aromatic heterocycles. The lowest BCUT2D eigenvalue weighted by Crippen LogP contribution is -2.49. The molecule has 29 heavy (non-hydrogen) atoms. The van der Waals surface area contributed by atoms with E-state index in [1.807, 2.05) is 24.3 Å². The molecule has 5 nitrogen and oxygen atoms in total. The van der Waals surface area contributed by atoms with Gasteiger partial charge in [0, 0.05) is 30.2 Å². The van der Waals surface area contributed by atoms with Gasteiger partial charge in [0.1, 0.15) is 22.3 Å². The topological polar surface area (TPSA) is 67.9 Å². The summed E-state index contributed by atoms with van der Waals surface area (Å²) in [5.41, 5.74) is 6.58. The molecule has 0 bridgehead atoms. The van der Waals surface area contributed by atoms with Crippen LogP contribution in [-0.4, -0.2) is 30.3 Å². The second-order valence-corrected chi connectivity index (χ2v) is 8.36. The molecule has 1 spiro atoms. The third-order valence-electron chi connectivity index (χ3n) is 5.08. The summed E-state index contributed by atoms with van der Waals surface area (Å²) in [6, 6.07) is 10.9. The van der Waals surface area contributed by atoms with Gasteiger partial charge in [0.05, 0.1) is 11.9 Å². The number of ether oxygens (including phenoxy) is 1. The minimum Gasteiger partial charge on any atom is -0.493 e. The maximum atomic E-state index is 14.5. The van der Waals surface area contributed by atoms with E-state index >= 15 is 0 Å². The number of rotatable bonds is 4. The number of nitrogens with two attached hydrogens (primary N) is 1. The lowest BCUT2D eigenvalue weighted by molar-refractivity contribution is -0.135. The molecule has 8 heteroatoms. The normalized spacial score (nSPS) is 23.0. The van der Waals surface area contributed by atoms with Gasteiger partial charge in [-0.05, 0) is 37.2 Å². The first-order chi connectivity index (χ1) is 14.0. The molecule has 1 amide bonds. The van der Waals surface area contributed by atoms with Gasteiger partial charge in [-0.25, -0.2) is 13.8 Å². The van der Waals surface area contributed by atoms with Gasteiger partial charge < -0.3 is 10.5 Å². The maximum Gasteiger partial charge on any atom is 0.244 e. The number of thioether (sulfide) groups is 1. The summed E-state index contributed by atoms with van der Waals surface area (Å²) < 4.78 is 34.1. The summed E-state index contributed by atoms with van der Waals surface area (Å²) in [5, 5.41) is 5.37. The molecule has 2 aliphatic rings. The van der Waals surface area contributed by atoms with E-state index < -0.39 is 21.8 Å². The van der Waals surface area contributed by atoms with Crippen LogP contribution < -0.4 is 10.5 Å². The minimum absolute atomic E-state index is 0.158. The molecule has 2 N–H and O–H groups in total. The van der Waals surface area contributed by atoms with Crippen LogP contribution in [-0.2, 0) is 9.67 Å². The Morgan fingerprint density at radius 3 is 2.97 bits per heavy atom. The lowest BCUT2D eigenvalue weighted by Gasteiger charge is -2.47. The average molecular weight is 417 g/mol. The van der Waals surface area contributed by atoms with Gasteiger partial charge in [-0.2, -0.15) is 5.10 Å². The fourth-order valence-corrected chi connectivity index (χ4v) is 5.29. The number of hydrogen-bond donors (Lipinski definition) is 1. The number of carbonyl (C=O) groups is 1. The zero-order valence-corrected chi connectivity index (χ0v) is 16.5. The summed E-state index contributed by atoms with van der Waals surface area (Å²) in [5.74, 6) is -0.514. The van der Waals surface area contributed by atoms with Crippen LogP contribution in [0.4, 0.5) is 8.78 Å². The number of halogens is 2. The van der Waals surface area contributed by atoms with Crippen molar-refractivity contribution in [3.8, 4) is 5.75 Å². The molecule has 0 fully saturated rings. The highest BCUT2D eigenvalue weighted by Gasteiger charge is 2.50. The molecule has 152 valence electrons. The summed E-state index contributed by atoms with van der Waals surface area (Å²) in [6.45, 7) is 0.790. The van der Waals surface area contributed by atoms with Crippen LogP contribution >= 0.6 is 11.8 Å². The molecule has 1 unspecified atom stereocenters. The number of benzene rings is 2. The van der Waals surface area contributed by atoms with Crippen LogP contribution in [0.3, 0.4) is 0 Å². The number of fused-ring (bicyclic) bond motifs is 2. The molecule has 0 saturated carbocycles. The number of amides is 1. The Morgan fingerprint density at radius 2 is 2.14 bits per heavy atom. The average Bonchev–Trinajstić information content (AvgIpc) is 2.74. The van der Waals surface area contributed by atoms with Gasteiger partial charge in [-0.3, -0.25) is 4.79 Å². The zero-order valence-electron chi connectivity index (χ0n) is 15.7. The van der Waals surface area contributed by atoms with E-state index in [-0.39, 0.29) is 17.9 Å². The second kappa shape index (κ2) is 8.12. The van der Waals surface area contributed by atoms with Crippen molar-refractivity contribution in [3.63, 3.8) is 0 Å². The summed E-state index contributed by atoms with van der Waals surface area (Å²) in [4.78, 5) is 12.1. The Hall–Kier alpha value is -2.45. The van der Waals surface area contributed by atoms with E-state index in [0.29, 0.717) is 31.7 Å². The number of hydrazone groups is 1. The van der Waals surface area contributed by atoms with Crippen molar-refractivity contribution in [2.75, 3.05) is 13.2 Å². The molecule has 2 aromatic carbocycles. The summed E-state index contributed by atoms with van der Waals surface area (Å²) >= 11 is 1.38. The van der Waals surface area contributed by atoms with E-state index in [2.05, 4.69) is 5.10 Å². The van der Waals surface area contributed by atoms with E-state index in [4.69, 9.17) is 10.5 Å². The molecule has 2 heterocycles. The molecular weight excluding hydrogens is 396 g/mol. The van der Waals surface area contributed by atoms with Crippen LogP contribution in [0.2, 0.25) is 0 Å². The fourth-order valence-electron chi connectivity index (χ4n) is 3.70. The fraction of sp³-hybridized carbons (Fsp3) is 0.333. The van der Waals surface area contributed by atoms with Crippen LogP contribution in [0.25, 0.3) is 0 Å². The monoisotopic (exact) mass is 417 g/mol. The molecule has 2 aromatic rings. The van der Waals surface area contributed by atoms with Gasteiger partial charge >= 0.3 is 0 Å². The number of para-hydroxylation sites is 1. The molecule has 0 radical (unpaired) electrons. The van der Waals surface area contributed by atoms with Gasteiger partial charge in [0.25, 0.3) is 0 Å². The van der Waals surface area contributed by atoms with Gasteiger partial charge in [-0.1, -0.05) is 18.2 Å². The Morgan fingerprint density at radius 1 is 1.31 bits per heavy atom.